The smallest absolute Gasteiger partial charge is 0.423 e. The average Bonchev–Trinajstić information content (AvgIpc) is 2.44. The average molecular weight is 335 g/mol. The maximum absolute atomic E-state index is 13.0. The van der Waals surface area contributed by atoms with E-state index in [1.807, 2.05) is 0 Å². The Balaban J connectivity index is 2.66. The number of hydrogen-bond donors (Lipinski definition) is 2. The molecule has 0 aliphatic carbocycles. The van der Waals surface area contributed by atoms with Crippen LogP contribution < -0.4 is 5.46 Å². The lowest BCUT2D eigenvalue weighted by molar-refractivity contribution is -0.138. The zero-order valence-electron chi connectivity index (χ0n) is 11.2. The second kappa shape index (κ2) is 5.86. The Morgan fingerprint density at radius 3 is 1.96 bits per heavy atom. The largest absolute Gasteiger partial charge is 0.489 e. The quantitative estimate of drug-likeness (QED) is 0.655. The fourth-order valence-corrected chi connectivity index (χ4v) is 2.02. The highest BCUT2D eigenvalue weighted by atomic mass is 19.4. The molecule has 0 spiro atoms. The molecule has 2 N–H and O–H groups in total. The molecule has 0 bridgehead atoms. The molecule has 0 saturated carbocycles. The van der Waals surface area contributed by atoms with E-state index in [1.54, 1.807) is 0 Å². The van der Waals surface area contributed by atoms with Crippen LogP contribution in [-0.4, -0.2) is 22.2 Å². The molecule has 0 atom stereocenters. The Labute approximate surface area is 126 Å². The lowest BCUT2D eigenvalue weighted by Gasteiger charge is -2.16. The number of aromatic nitrogens is 1. The van der Waals surface area contributed by atoms with E-state index in [2.05, 4.69) is 4.98 Å². The first-order valence-electron chi connectivity index (χ1n) is 6.11. The van der Waals surface area contributed by atoms with Crippen LogP contribution in [0.2, 0.25) is 0 Å². The molecule has 0 radical (unpaired) electrons. The third-order valence-corrected chi connectivity index (χ3v) is 3.03. The first-order valence-corrected chi connectivity index (χ1v) is 6.11. The van der Waals surface area contributed by atoms with E-state index in [-0.39, 0.29) is 6.20 Å². The van der Waals surface area contributed by atoms with Crippen LogP contribution in [0, 0.1) is 0 Å². The molecule has 1 aromatic carbocycles. The molecule has 1 aromatic heterocycles. The van der Waals surface area contributed by atoms with Gasteiger partial charge in [0.05, 0.1) is 16.8 Å². The van der Waals surface area contributed by atoms with Gasteiger partial charge in [0.15, 0.2) is 0 Å². The fraction of sp³-hybridized carbons (Fsp3) is 0.154. The van der Waals surface area contributed by atoms with Gasteiger partial charge in [-0.2, -0.15) is 26.3 Å². The van der Waals surface area contributed by atoms with E-state index >= 15 is 0 Å². The molecule has 0 aliphatic rings. The van der Waals surface area contributed by atoms with E-state index < -0.39 is 47.3 Å². The van der Waals surface area contributed by atoms with Gasteiger partial charge in [-0.1, -0.05) is 18.2 Å². The van der Waals surface area contributed by atoms with Crippen molar-refractivity contribution in [2.75, 3.05) is 0 Å². The highest BCUT2D eigenvalue weighted by molar-refractivity contribution is 6.59. The molecule has 1 heterocycles. The molecule has 0 aliphatic heterocycles. The van der Waals surface area contributed by atoms with Gasteiger partial charge in [0, 0.05) is 11.8 Å². The number of hydrogen-bond acceptors (Lipinski definition) is 3. The van der Waals surface area contributed by atoms with Crippen LogP contribution in [0.1, 0.15) is 11.1 Å². The number of nitrogens with zero attached hydrogens (tertiary/aromatic N) is 1. The second-order valence-corrected chi connectivity index (χ2v) is 4.57. The minimum Gasteiger partial charge on any atom is -0.423 e. The summed E-state index contributed by atoms with van der Waals surface area (Å²) in [5.41, 5.74) is -4.41. The number of pyridine rings is 1. The summed E-state index contributed by atoms with van der Waals surface area (Å²) < 4.78 is 77.2. The summed E-state index contributed by atoms with van der Waals surface area (Å²) in [6.45, 7) is 0. The number of benzene rings is 1. The Bertz CT molecular complexity index is 714. The summed E-state index contributed by atoms with van der Waals surface area (Å²) in [7, 11) is -2.51. The summed E-state index contributed by atoms with van der Waals surface area (Å²) in [4.78, 5) is 3.39. The first kappa shape index (κ1) is 17.3. The molecule has 0 unspecified atom stereocenters. The van der Waals surface area contributed by atoms with Crippen molar-refractivity contribution < 1.29 is 36.4 Å². The Hall–Kier alpha value is -2.07. The van der Waals surface area contributed by atoms with E-state index in [9.17, 15) is 26.3 Å². The fourth-order valence-electron chi connectivity index (χ4n) is 2.02. The predicted molar refractivity (Wildman–Crippen MR) is 69.5 cm³/mol. The molecule has 0 amide bonds. The van der Waals surface area contributed by atoms with Crippen molar-refractivity contribution in [1.82, 2.24) is 4.98 Å². The normalized spacial score (nSPS) is 12.3. The zero-order valence-corrected chi connectivity index (χ0v) is 11.2. The van der Waals surface area contributed by atoms with Gasteiger partial charge in [-0.05, 0) is 17.6 Å². The van der Waals surface area contributed by atoms with Gasteiger partial charge in [-0.3, -0.25) is 4.98 Å². The maximum Gasteiger partial charge on any atom is 0.489 e. The van der Waals surface area contributed by atoms with Crippen LogP contribution in [0.25, 0.3) is 11.3 Å². The highest BCUT2D eigenvalue weighted by Gasteiger charge is 2.38. The predicted octanol–water partition coefficient (Wildman–Crippen LogP) is 2.47. The van der Waals surface area contributed by atoms with Crippen LogP contribution in [0.15, 0.2) is 36.5 Å². The van der Waals surface area contributed by atoms with Crippen molar-refractivity contribution in [3.05, 3.63) is 47.7 Å². The van der Waals surface area contributed by atoms with Crippen LogP contribution in [0.5, 0.6) is 0 Å². The summed E-state index contributed by atoms with van der Waals surface area (Å²) >= 11 is 0. The zero-order chi connectivity index (χ0) is 17.4. The number of alkyl halides is 6. The standard InChI is InChI=1S/C13H8BF6NO2/c15-12(16,17)8-4-2-1-3-7(8)11-5-10(14(22)23)9(6-21-11)13(18,19)20/h1-6,22-23H. The van der Waals surface area contributed by atoms with Crippen molar-refractivity contribution in [2.45, 2.75) is 12.4 Å². The molecule has 10 heteroatoms. The van der Waals surface area contributed by atoms with Crippen LogP contribution in [0.4, 0.5) is 26.3 Å². The van der Waals surface area contributed by atoms with Gasteiger partial charge >= 0.3 is 19.5 Å². The van der Waals surface area contributed by atoms with Gasteiger partial charge < -0.3 is 10.0 Å². The molecular formula is C13H8BF6NO2. The lowest BCUT2D eigenvalue weighted by Crippen LogP contribution is -2.36. The minimum atomic E-state index is -4.92. The van der Waals surface area contributed by atoms with Crippen LogP contribution >= 0.6 is 0 Å². The summed E-state index contributed by atoms with van der Waals surface area (Å²) in [5, 5.41) is 18.1. The Kier molecular flexibility index (Phi) is 4.40. The molecule has 23 heavy (non-hydrogen) atoms. The van der Waals surface area contributed by atoms with Crippen molar-refractivity contribution in [3.8, 4) is 11.3 Å². The SMILES string of the molecule is OB(O)c1cc(-c2ccccc2C(F)(F)F)ncc1C(F)(F)F. The van der Waals surface area contributed by atoms with Gasteiger partial charge in [-0.15, -0.1) is 0 Å². The van der Waals surface area contributed by atoms with E-state index in [0.717, 1.165) is 18.2 Å². The summed E-state index contributed by atoms with van der Waals surface area (Å²) in [6.07, 6.45) is -9.38. The summed E-state index contributed by atoms with van der Waals surface area (Å²) in [5.74, 6) is 0. The number of rotatable bonds is 2. The third kappa shape index (κ3) is 3.65. The first-order chi connectivity index (χ1) is 10.5. The van der Waals surface area contributed by atoms with Crippen LogP contribution in [-0.2, 0) is 12.4 Å². The van der Waals surface area contributed by atoms with Gasteiger partial charge in [0.25, 0.3) is 0 Å². The molecule has 0 fully saturated rings. The van der Waals surface area contributed by atoms with Crippen molar-refractivity contribution in [1.29, 1.82) is 0 Å². The van der Waals surface area contributed by atoms with Gasteiger partial charge in [-0.25, -0.2) is 0 Å². The van der Waals surface area contributed by atoms with Crippen molar-refractivity contribution in [2.24, 2.45) is 0 Å². The monoisotopic (exact) mass is 335 g/mol. The molecular weight excluding hydrogens is 327 g/mol. The van der Waals surface area contributed by atoms with E-state index in [1.165, 1.54) is 6.07 Å². The van der Waals surface area contributed by atoms with Crippen LogP contribution in [0.3, 0.4) is 0 Å². The Morgan fingerprint density at radius 1 is 0.870 bits per heavy atom. The lowest BCUT2D eigenvalue weighted by atomic mass is 9.76. The topological polar surface area (TPSA) is 53.4 Å². The Morgan fingerprint density at radius 2 is 1.43 bits per heavy atom. The minimum absolute atomic E-state index is 0.275. The highest BCUT2D eigenvalue weighted by Crippen LogP contribution is 2.36. The molecule has 122 valence electrons. The van der Waals surface area contributed by atoms with Crippen molar-refractivity contribution in [3.63, 3.8) is 0 Å². The molecule has 2 aromatic rings. The second-order valence-electron chi connectivity index (χ2n) is 4.57. The van der Waals surface area contributed by atoms with E-state index in [0.29, 0.717) is 6.07 Å². The van der Waals surface area contributed by atoms with E-state index in [4.69, 9.17) is 10.0 Å². The van der Waals surface area contributed by atoms with Gasteiger partial charge in [0.2, 0.25) is 0 Å². The van der Waals surface area contributed by atoms with Crippen molar-refractivity contribution >= 4 is 12.6 Å². The van der Waals surface area contributed by atoms with Gasteiger partial charge in [0.1, 0.15) is 0 Å². The molecule has 2 rings (SSSR count). The number of halogens is 6. The summed E-state index contributed by atoms with van der Waals surface area (Å²) in [6, 6.07) is 4.75. The molecule has 3 nitrogen and oxygen atoms in total. The third-order valence-electron chi connectivity index (χ3n) is 3.03. The maximum atomic E-state index is 13.0. The molecule has 0 saturated heterocycles.